The fourth-order valence-corrected chi connectivity index (χ4v) is 2.54. The summed E-state index contributed by atoms with van der Waals surface area (Å²) in [6.45, 7) is 5.99. The van der Waals surface area contributed by atoms with Crippen LogP contribution in [0.4, 0.5) is 4.79 Å². The summed E-state index contributed by atoms with van der Waals surface area (Å²) in [6, 6.07) is -0.0960. The lowest BCUT2D eigenvalue weighted by atomic mass is 9.99. The maximum atomic E-state index is 12.1. The molecule has 1 fully saturated rings. The summed E-state index contributed by atoms with van der Waals surface area (Å²) in [5, 5.41) is 9.07. The lowest BCUT2D eigenvalue weighted by Gasteiger charge is -2.29. The van der Waals surface area contributed by atoms with E-state index in [1.54, 1.807) is 25.7 Å². The van der Waals surface area contributed by atoms with Gasteiger partial charge in [-0.15, -0.1) is 0 Å². The van der Waals surface area contributed by atoms with Crippen LogP contribution in [-0.2, 0) is 19.1 Å². The normalized spacial score (nSPS) is 19.6. The lowest BCUT2D eigenvalue weighted by Crippen LogP contribution is -2.40. The molecule has 1 rings (SSSR count). The Balaban J connectivity index is 2.62. The van der Waals surface area contributed by atoms with Crippen LogP contribution in [0.15, 0.2) is 0 Å². The van der Waals surface area contributed by atoms with Crippen LogP contribution in [0.5, 0.6) is 0 Å². The van der Waals surface area contributed by atoms with E-state index < -0.39 is 23.5 Å². The molecule has 1 aliphatic rings. The number of amides is 1. The lowest BCUT2D eigenvalue weighted by molar-refractivity contribution is -0.157. The highest BCUT2D eigenvalue weighted by Crippen LogP contribution is 2.25. The number of esters is 1. The zero-order chi connectivity index (χ0) is 16.9. The van der Waals surface area contributed by atoms with Crippen LogP contribution in [0, 0.1) is 5.92 Å². The minimum Gasteiger partial charge on any atom is -0.481 e. The second-order valence-corrected chi connectivity index (χ2v) is 6.46. The maximum absolute atomic E-state index is 12.1. The average Bonchev–Trinajstić information content (AvgIpc) is 2.84. The number of hydrogen-bond donors (Lipinski definition) is 1. The van der Waals surface area contributed by atoms with E-state index in [0.29, 0.717) is 13.0 Å². The van der Waals surface area contributed by atoms with Crippen LogP contribution in [0.25, 0.3) is 0 Å². The zero-order valence-corrected chi connectivity index (χ0v) is 13.6. The van der Waals surface area contributed by atoms with Crippen molar-refractivity contribution in [2.24, 2.45) is 5.92 Å². The highest BCUT2D eigenvalue weighted by Gasteiger charge is 2.34. The average molecular weight is 315 g/mol. The molecule has 7 heteroatoms. The molecule has 7 nitrogen and oxygen atoms in total. The van der Waals surface area contributed by atoms with Crippen molar-refractivity contribution in [2.75, 3.05) is 13.7 Å². The molecule has 1 N–H and O–H groups in total. The minimum atomic E-state index is -1.20. The Morgan fingerprint density at radius 3 is 2.45 bits per heavy atom. The number of methoxy groups -OCH3 is 1. The number of carboxylic acids is 1. The van der Waals surface area contributed by atoms with Crippen LogP contribution in [0.2, 0.25) is 0 Å². The third-order valence-electron chi connectivity index (χ3n) is 3.58. The van der Waals surface area contributed by atoms with E-state index in [-0.39, 0.29) is 18.6 Å². The van der Waals surface area contributed by atoms with Gasteiger partial charge in [-0.1, -0.05) is 0 Å². The first kappa shape index (κ1) is 18.3. The number of aliphatic carboxylic acids is 1. The van der Waals surface area contributed by atoms with E-state index in [9.17, 15) is 14.4 Å². The third kappa shape index (κ3) is 5.20. The van der Waals surface area contributed by atoms with Crippen molar-refractivity contribution >= 4 is 18.0 Å². The Bertz CT molecular complexity index is 428. The van der Waals surface area contributed by atoms with E-state index >= 15 is 0 Å². The van der Waals surface area contributed by atoms with Gasteiger partial charge in [0.2, 0.25) is 0 Å². The van der Waals surface area contributed by atoms with Gasteiger partial charge in [0.05, 0.1) is 7.11 Å². The predicted molar refractivity (Wildman–Crippen MR) is 78.3 cm³/mol. The Hall–Kier alpha value is -1.79. The van der Waals surface area contributed by atoms with Gasteiger partial charge < -0.3 is 19.5 Å². The van der Waals surface area contributed by atoms with E-state index in [4.69, 9.17) is 9.84 Å². The molecule has 0 spiro atoms. The van der Waals surface area contributed by atoms with Gasteiger partial charge >= 0.3 is 18.0 Å². The van der Waals surface area contributed by atoms with Crippen molar-refractivity contribution in [1.29, 1.82) is 0 Å². The molecule has 22 heavy (non-hydrogen) atoms. The number of carbonyl (C=O) groups excluding carboxylic acids is 2. The van der Waals surface area contributed by atoms with Crippen LogP contribution in [0.1, 0.15) is 46.5 Å². The molecule has 2 atom stereocenters. The second-order valence-electron chi connectivity index (χ2n) is 6.46. The Morgan fingerprint density at radius 1 is 1.32 bits per heavy atom. The molecule has 1 unspecified atom stereocenters. The first-order chi connectivity index (χ1) is 10.2. The fourth-order valence-electron chi connectivity index (χ4n) is 2.54. The predicted octanol–water partition coefficient (Wildman–Crippen LogP) is 2.04. The molecule has 1 aliphatic heterocycles. The third-order valence-corrected chi connectivity index (χ3v) is 3.58. The number of ether oxygens (including phenoxy) is 2. The molecule has 0 saturated carbocycles. The van der Waals surface area contributed by atoms with Crippen molar-refractivity contribution in [3.8, 4) is 0 Å². The van der Waals surface area contributed by atoms with Gasteiger partial charge in [0.15, 0.2) is 5.92 Å². The SMILES string of the molecule is COC(=O)[C@H](CCC1CCCN1C(=O)OC(C)(C)C)C(=O)O. The molecule has 0 radical (unpaired) electrons. The van der Waals surface area contributed by atoms with Crippen LogP contribution >= 0.6 is 0 Å². The van der Waals surface area contributed by atoms with Crippen molar-refractivity contribution < 1.29 is 29.0 Å². The minimum absolute atomic E-state index is 0.0960. The summed E-state index contributed by atoms with van der Waals surface area (Å²) in [5.41, 5.74) is -0.570. The molecule has 0 aromatic rings. The molecular formula is C15H25NO6. The molecular weight excluding hydrogens is 290 g/mol. The van der Waals surface area contributed by atoms with Gasteiger partial charge in [0.25, 0.3) is 0 Å². The first-order valence-corrected chi connectivity index (χ1v) is 7.46. The maximum Gasteiger partial charge on any atom is 0.410 e. The van der Waals surface area contributed by atoms with Gasteiger partial charge in [-0.25, -0.2) is 4.79 Å². The van der Waals surface area contributed by atoms with Gasteiger partial charge in [-0.05, 0) is 46.5 Å². The molecule has 126 valence electrons. The van der Waals surface area contributed by atoms with Crippen molar-refractivity contribution in [2.45, 2.75) is 58.1 Å². The number of hydrogen-bond acceptors (Lipinski definition) is 5. The monoisotopic (exact) mass is 315 g/mol. The molecule has 1 amide bonds. The summed E-state index contributed by atoms with van der Waals surface area (Å²) < 4.78 is 9.86. The summed E-state index contributed by atoms with van der Waals surface area (Å²) in [7, 11) is 1.17. The number of nitrogens with zero attached hydrogens (tertiary/aromatic N) is 1. The Labute approximate surface area is 130 Å². The molecule has 1 heterocycles. The molecule has 0 aliphatic carbocycles. The van der Waals surface area contributed by atoms with E-state index in [1.165, 1.54) is 7.11 Å². The van der Waals surface area contributed by atoms with Crippen LogP contribution in [0.3, 0.4) is 0 Å². The second kappa shape index (κ2) is 7.47. The Kier molecular flexibility index (Phi) is 6.20. The van der Waals surface area contributed by atoms with Crippen LogP contribution < -0.4 is 0 Å². The quantitative estimate of drug-likeness (QED) is 0.616. The summed E-state index contributed by atoms with van der Waals surface area (Å²) in [5.74, 6) is -3.14. The van der Waals surface area contributed by atoms with Gasteiger partial charge in [0, 0.05) is 12.6 Å². The van der Waals surface area contributed by atoms with Crippen molar-refractivity contribution in [1.82, 2.24) is 4.90 Å². The number of carboxylic acid groups (broad SMARTS) is 1. The number of rotatable bonds is 5. The van der Waals surface area contributed by atoms with Crippen LogP contribution in [-0.4, -0.2) is 53.3 Å². The summed E-state index contributed by atoms with van der Waals surface area (Å²) in [4.78, 5) is 36.3. The van der Waals surface area contributed by atoms with Gasteiger partial charge in [0.1, 0.15) is 5.60 Å². The largest absolute Gasteiger partial charge is 0.481 e. The Morgan fingerprint density at radius 2 is 1.95 bits per heavy atom. The first-order valence-electron chi connectivity index (χ1n) is 7.46. The summed E-state index contributed by atoms with van der Waals surface area (Å²) in [6.07, 6.45) is 1.82. The zero-order valence-electron chi connectivity index (χ0n) is 13.6. The highest BCUT2D eigenvalue weighted by atomic mass is 16.6. The number of likely N-dealkylation sites (tertiary alicyclic amines) is 1. The van der Waals surface area contributed by atoms with E-state index in [0.717, 1.165) is 12.8 Å². The number of carbonyl (C=O) groups is 3. The molecule has 0 aromatic heterocycles. The molecule has 1 saturated heterocycles. The van der Waals surface area contributed by atoms with Crippen molar-refractivity contribution in [3.63, 3.8) is 0 Å². The highest BCUT2D eigenvalue weighted by molar-refractivity contribution is 5.93. The van der Waals surface area contributed by atoms with E-state index in [2.05, 4.69) is 4.74 Å². The smallest absolute Gasteiger partial charge is 0.410 e. The molecule has 0 aromatic carbocycles. The van der Waals surface area contributed by atoms with Gasteiger partial charge in [-0.2, -0.15) is 0 Å². The topological polar surface area (TPSA) is 93.1 Å². The fraction of sp³-hybridized carbons (Fsp3) is 0.800. The van der Waals surface area contributed by atoms with E-state index in [1.807, 2.05) is 0 Å². The van der Waals surface area contributed by atoms with Gasteiger partial charge in [-0.3, -0.25) is 9.59 Å². The standard InChI is InChI=1S/C15H25NO6/c1-15(2,3)22-14(20)16-9-5-6-10(16)7-8-11(12(17)18)13(19)21-4/h10-11H,5-9H2,1-4H3,(H,17,18)/t10?,11-/m1/s1. The van der Waals surface area contributed by atoms with Crippen molar-refractivity contribution in [3.05, 3.63) is 0 Å². The summed E-state index contributed by atoms with van der Waals surface area (Å²) >= 11 is 0. The molecule has 0 bridgehead atoms.